The van der Waals surface area contributed by atoms with E-state index in [2.05, 4.69) is 50.5 Å². The highest BCUT2D eigenvalue weighted by Crippen LogP contribution is 2.29. The summed E-state index contributed by atoms with van der Waals surface area (Å²) in [6.07, 6.45) is 0. The topological polar surface area (TPSA) is 42.0 Å². The molecule has 0 fully saturated rings. The van der Waals surface area contributed by atoms with Gasteiger partial charge in [-0.2, -0.15) is 0 Å². The average molecular weight is 455 g/mol. The van der Waals surface area contributed by atoms with Crippen molar-refractivity contribution >= 4 is 60.8 Å². The van der Waals surface area contributed by atoms with E-state index in [1.165, 1.54) is 22.1 Å². The standard InChI is InChI=1S/C21H15BrN2OS2/c22-16-10-8-15(9-11-16)18-12-27-21(23-18)24-20(25)13-26-19-7-3-5-14-4-1-2-6-17(14)19/h1-12H,13H2,(H,23,24,25). The lowest BCUT2D eigenvalue weighted by molar-refractivity contribution is -0.113. The molecule has 1 aromatic heterocycles. The third-order valence-corrected chi connectivity index (χ3v) is 6.36. The number of carbonyl (C=O) groups excluding carboxylic acids is 1. The number of thioether (sulfide) groups is 1. The summed E-state index contributed by atoms with van der Waals surface area (Å²) < 4.78 is 1.03. The molecule has 27 heavy (non-hydrogen) atoms. The molecule has 0 saturated heterocycles. The maximum atomic E-state index is 12.3. The van der Waals surface area contributed by atoms with Gasteiger partial charge in [0.05, 0.1) is 11.4 Å². The molecule has 1 heterocycles. The quantitative estimate of drug-likeness (QED) is 0.352. The lowest BCUT2D eigenvalue weighted by atomic mass is 10.1. The third kappa shape index (κ3) is 4.40. The molecule has 4 rings (SSSR count). The summed E-state index contributed by atoms with van der Waals surface area (Å²) >= 11 is 6.41. The molecule has 0 unspecified atom stereocenters. The van der Waals surface area contributed by atoms with Crippen LogP contribution in [0.5, 0.6) is 0 Å². The van der Waals surface area contributed by atoms with Crippen molar-refractivity contribution in [2.75, 3.05) is 11.1 Å². The monoisotopic (exact) mass is 454 g/mol. The first-order chi connectivity index (χ1) is 13.2. The number of thiazole rings is 1. The van der Waals surface area contributed by atoms with Crippen LogP contribution in [0, 0.1) is 0 Å². The van der Waals surface area contributed by atoms with E-state index in [0.717, 1.165) is 20.6 Å². The van der Waals surface area contributed by atoms with Crippen LogP contribution in [0.4, 0.5) is 5.13 Å². The summed E-state index contributed by atoms with van der Waals surface area (Å²) in [5.41, 5.74) is 1.89. The number of fused-ring (bicyclic) bond motifs is 1. The van der Waals surface area contributed by atoms with Gasteiger partial charge in [-0.1, -0.05) is 64.5 Å². The fourth-order valence-electron chi connectivity index (χ4n) is 2.70. The first-order valence-electron chi connectivity index (χ1n) is 8.31. The molecule has 6 heteroatoms. The van der Waals surface area contributed by atoms with Gasteiger partial charge in [0.25, 0.3) is 0 Å². The normalized spacial score (nSPS) is 10.9. The van der Waals surface area contributed by atoms with Crippen LogP contribution in [-0.2, 0) is 4.79 Å². The Balaban J connectivity index is 1.40. The zero-order valence-corrected chi connectivity index (χ0v) is 17.4. The Morgan fingerprint density at radius 3 is 2.67 bits per heavy atom. The Bertz CT molecular complexity index is 1090. The van der Waals surface area contributed by atoms with E-state index >= 15 is 0 Å². The molecule has 0 bridgehead atoms. The minimum absolute atomic E-state index is 0.0513. The Kier molecular flexibility index (Phi) is 5.57. The second-order valence-electron chi connectivity index (χ2n) is 5.86. The summed E-state index contributed by atoms with van der Waals surface area (Å²) in [7, 11) is 0. The summed E-state index contributed by atoms with van der Waals surface area (Å²) in [4.78, 5) is 18.0. The van der Waals surface area contributed by atoms with E-state index in [9.17, 15) is 4.79 Å². The van der Waals surface area contributed by atoms with Crippen LogP contribution in [0.3, 0.4) is 0 Å². The molecule has 0 saturated carbocycles. The summed E-state index contributed by atoms with van der Waals surface area (Å²) in [6, 6.07) is 22.3. The van der Waals surface area contributed by atoms with Crippen molar-refractivity contribution in [2.24, 2.45) is 0 Å². The molecule has 0 aliphatic carbocycles. The molecular formula is C21H15BrN2OS2. The number of rotatable bonds is 5. The van der Waals surface area contributed by atoms with Gasteiger partial charge in [0, 0.05) is 20.3 Å². The van der Waals surface area contributed by atoms with E-state index < -0.39 is 0 Å². The van der Waals surface area contributed by atoms with Crippen molar-refractivity contribution in [3.8, 4) is 11.3 Å². The molecule has 134 valence electrons. The number of amides is 1. The van der Waals surface area contributed by atoms with Crippen LogP contribution in [0.15, 0.2) is 81.5 Å². The highest BCUT2D eigenvalue weighted by Gasteiger charge is 2.10. The number of benzene rings is 3. The zero-order valence-electron chi connectivity index (χ0n) is 14.2. The average Bonchev–Trinajstić information content (AvgIpc) is 3.15. The van der Waals surface area contributed by atoms with Crippen LogP contribution < -0.4 is 5.32 Å². The SMILES string of the molecule is O=C(CSc1cccc2ccccc12)Nc1nc(-c2ccc(Br)cc2)cs1. The molecule has 1 N–H and O–H groups in total. The molecule has 3 nitrogen and oxygen atoms in total. The molecule has 3 aromatic carbocycles. The number of anilines is 1. The van der Waals surface area contributed by atoms with Gasteiger partial charge in [-0.3, -0.25) is 4.79 Å². The van der Waals surface area contributed by atoms with E-state index in [1.54, 1.807) is 11.8 Å². The highest BCUT2D eigenvalue weighted by atomic mass is 79.9. The summed E-state index contributed by atoms with van der Waals surface area (Å²) in [5.74, 6) is 0.297. The van der Waals surface area contributed by atoms with Crippen molar-refractivity contribution in [3.05, 3.63) is 76.6 Å². The highest BCUT2D eigenvalue weighted by molar-refractivity contribution is 9.10. The maximum Gasteiger partial charge on any atom is 0.236 e. The Morgan fingerprint density at radius 1 is 1.04 bits per heavy atom. The number of hydrogen-bond acceptors (Lipinski definition) is 4. The first kappa shape index (κ1) is 18.2. The fraction of sp³-hybridized carbons (Fsp3) is 0.0476. The fourth-order valence-corrected chi connectivity index (χ4v) is 4.58. The van der Waals surface area contributed by atoms with Crippen molar-refractivity contribution in [1.82, 2.24) is 4.98 Å². The van der Waals surface area contributed by atoms with Crippen molar-refractivity contribution < 1.29 is 4.79 Å². The van der Waals surface area contributed by atoms with Gasteiger partial charge in [-0.15, -0.1) is 23.1 Å². The van der Waals surface area contributed by atoms with Gasteiger partial charge in [0.2, 0.25) is 5.91 Å². The van der Waals surface area contributed by atoms with E-state index in [0.29, 0.717) is 10.9 Å². The minimum atomic E-state index is -0.0513. The van der Waals surface area contributed by atoms with Crippen molar-refractivity contribution in [3.63, 3.8) is 0 Å². The van der Waals surface area contributed by atoms with Gasteiger partial charge in [-0.05, 0) is 29.0 Å². The number of aromatic nitrogens is 1. The lowest BCUT2D eigenvalue weighted by Crippen LogP contribution is -2.13. The second kappa shape index (κ2) is 8.25. The summed E-state index contributed by atoms with van der Waals surface area (Å²) in [6.45, 7) is 0. The van der Waals surface area contributed by atoms with Gasteiger partial charge in [-0.25, -0.2) is 4.98 Å². The number of nitrogens with one attached hydrogen (secondary N) is 1. The Hall–Kier alpha value is -2.15. The molecule has 0 atom stereocenters. The molecule has 0 aliphatic rings. The molecule has 4 aromatic rings. The van der Waals surface area contributed by atoms with Gasteiger partial charge in [0.15, 0.2) is 5.13 Å². The van der Waals surface area contributed by atoms with Crippen molar-refractivity contribution in [2.45, 2.75) is 4.90 Å². The third-order valence-electron chi connectivity index (χ3n) is 4.00. The van der Waals surface area contributed by atoms with Crippen LogP contribution >= 0.6 is 39.0 Å². The number of hydrogen-bond donors (Lipinski definition) is 1. The van der Waals surface area contributed by atoms with Crippen LogP contribution in [-0.4, -0.2) is 16.6 Å². The van der Waals surface area contributed by atoms with Crippen molar-refractivity contribution in [1.29, 1.82) is 0 Å². The van der Waals surface area contributed by atoms with E-state index in [1.807, 2.05) is 47.8 Å². The smallest absolute Gasteiger partial charge is 0.236 e. The predicted octanol–water partition coefficient (Wildman–Crippen LogP) is 6.46. The van der Waals surface area contributed by atoms with E-state index in [4.69, 9.17) is 0 Å². The first-order valence-corrected chi connectivity index (χ1v) is 11.0. The van der Waals surface area contributed by atoms with E-state index in [-0.39, 0.29) is 5.91 Å². The van der Waals surface area contributed by atoms with Crippen LogP contribution in [0.25, 0.3) is 22.0 Å². The Morgan fingerprint density at radius 2 is 1.81 bits per heavy atom. The minimum Gasteiger partial charge on any atom is -0.301 e. The Labute approximate surface area is 174 Å². The van der Waals surface area contributed by atoms with Crippen LogP contribution in [0.1, 0.15) is 0 Å². The lowest BCUT2D eigenvalue weighted by Gasteiger charge is -2.06. The maximum absolute atomic E-state index is 12.3. The second-order valence-corrected chi connectivity index (χ2v) is 8.65. The number of nitrogens with zero attached hydrogens (tertiary/aromatic N) is 1. The summed E-state index contributed by atoms with van der Waals surface area (Å²) in [5, 5.41) is 7.83. The largest absolute Gasteiger partial charge is 0.301 e. The zero-order chi connectivity index (χ0) is 18.6. The van der Waals surface area contributed by atoms with Gasteiger partial charge in [0.1, 0.15) is 0 Å². The molecular weight excluding hydrogens is 440 g/mol. The molecule has 0 radical (unpaired) electrons. The van der Waals surface area contributed by atoms with Gasteiger partial charge >= 0.3 is 0 Å². The molecule has 1 amide bonds. The van der Waals surface area contributed by atoms with Gasteiger partial charge < -0.3 is 5.32 Å². The number of carbonyl (C=O) groups is 1. The predicted molar refractivity (Wildman–Crippen MR) is 119 cm³/mol. The van der Waals surface area contributed by atoms with Crippen LogP contribution in [0.2, 0.25) is 0 Å². The molecule has 0 aliphatic heterocycles. The number of halogens is 1. The molecule has 0 spiro atoms.